The second kappa shape index (κ2) is 7.50. The Morgan fingerprint density at radius 1 is 0.545 bits per heavy atom. The SMILES string of the molecule is Cc1c(C)c(CS[Si](C)(C)C)c(C)c(C)c1CS[Si](C)(C)C. The van der Waals surface area contributed by atoms with Gasteiger partial charge in [0.1, 0.15) is 14.4 Å². The fourth-order valence-electron chi connectivity index (χ4n) is 2.48. The Morgan fingerprint density at radius 3 is 0.955 bits per heavy atom. The molecule has 126 valence electrons. The molecule has 0 aliphatic carbocycles. The van der Waals surface area contributed by atoms with Crippen LogP contribution in [0.1, 0.15) is 33.4 Å². The van der Waals surface area contributed by atoms with Crippen molar-refractivity contribution in [2.24, 2.45) is 0 Å². The van der Waals surface area contributed by atoms with E-state index in [1.165, 1.54) is 11.5 Å². The van der Waals surface area contributed by atoms with E-state index in [0.29, 0.717) is 0 Å². The molecule has 0 radical (unpaired) electrons. The van der Waals surface area contributed by atoms with Gasteiger partial charge in [-0.15, -0.1) is 0 Å². The first-order valence-electron chi connectivity index (χ1n) is 8.19. The molecular formula is C18H34S2Si2. The van der Waals surface area contributed by atoms with E-state index in [4.69, 9.17) is 0 Å². The molecule has 0 saturated heterocycles. The maximum Gasteiger partial charge on any atom is 0.108 e. The summed E-state index contributed by atoms with van der Waals surface area (Å²) in [6, 6.07) is 0. The largest absolute Gasteiger partial charge is 0.181 e. The Labute approximate surface area is 148 Å². The number of benzene rings is 1. The van der Waals surface area contributed by atoms with E-state index in [0.717, 1.165) is 0 Å². The van der Waals surface area contributed by atoms with Crippen LogP contribution in [0, 0.1) is 27.7 Å². The highest BCUT2D eigenvalue weighted by Crippen LogP contribution is 2.35. The quantitative estimate of drug-likeness (QED) is 0.492. The van der Waals surface area contributed by atoms with E-state index in [1.54, 1.807) is 33.4 Å². The summed E-state index contributed by atoms with van der Waals surface area (Å²) in [5.74, 6) is 2.38. The molecule has 4 heteroatoms. The van der Waals surface area contributed by atoms with Gasteiger partial charge in [-0.25, -0.2) is 0 Å². The zero-order valence-corrected chi connectivity index (χ0v) is 19.9. The van der Waals surface area contributed by atoms with Gasteiger partial charge in [-0.1, -0.05) is 39.3 Å². The maximum absolute atomic E-state index is 2.45. The van der Waals surface area contributed by atoms with Gasteiger partial charge in [0.25, 0.3) is 0 Å². The summed E-state index contributed by atoms with van der Waals surface area (Å²) in [6.07, 6.45) is 0. The van der Waals surface area contributed by atoms with Crippen LogP contribution in [0.4, 0.5) is 0 Å². The molecule has 1 aromatic rings. The summed E-state index contributed by atoms with van der Waals surface area (Å²) < 4.78 is 0. The van der Waals surface area contributed by atoms with Crippen molar-refractivity contribution in [2.45, 2.75) is 78.5 Å². The van der Waals surface area contributed by atoms with Crippen LogP contribution in [0.3, 0.4) is 0 Å². The van der Waals surface area contributed by atoms with Gasteiger partial charge in [0, 0.05) is 11.5 Å². The van der Waals surface area contributed by atoms with Gasteiger partial charge in [-0.05, 0) is 61.1 Å². The second-order valence-electron chi connectivity index (χ2n) is 8.26. The van der Waals surface area contributed by atoms with Crippen molar-refractivity contribution in [1.29, 1.82) is 0 Å². The minimum absolute atomic E-state index is 1.06. The molecule has 0 atom stereocenters. The van der Waals surface area contributed by atoms with Gasteiger partial charge in [-0.2, -0.15) is 22.4 Å². The van der Waals surface area contributed by atoms with E-state index in [1.807, 2.05) is 0 Å². The highest BCUT2D eigenvalue weighted by Gasteiger charge is 2.20. The minimum atomic E-state index is -1.06. The maximum atomic E-state index is 2.45. The molecule has 1 rings (SSSR count). The van der Waals surface area contributed by atoms with E-state index < -0.39 is 14.4 Å². The Hall–Kier alpha value is 0.354. The number of hydrogen-bond donors (Lipinski definition) is 0. The molecule has 0 amide bonds. The van der Waals surface area contributed by atoms with Crippen LogP contribution in [-0.4, -0.2) is 14.4 Å². The standard InChI is InChI=1S/C18H34S2Si2/c1-13-14(2)18(12-20-22(8,9)10)16(4)15(3)17(13)11-19-21(5,6)7/h11-12H2,1-10H3. The van der Waals surface area contributed by atoms with Gasteiger partial charge in [0.15, 0.2) is 0 Å². The lowest BCUT2D eigenvalue weighted by molar-refractivity contribution is 1.11. The molecule has 0 bridgehead atoms. The lowest BCUT2D eigenvalue weighted by Crippen LogP contribution is -2.16. The Morgan fingerprint density at radius 2 is 0.773 bits per heavy atom. The van der Waals surface area contributed by atoms with Crippen LogP contribution in [-0.2, 0) is 11.5 Å². The molecule has 0 heterocycles. The van der Waals surface area contributed by atoms with Crippen molar-refractivity contribution < 1.29 is 0 Å². The number of hydrogen-bond acceptors (Lipinski definition) is 2. The van der Waals surface area contributed by atoms with Crippen molar-refractivity contribution in [2.75, 3.05) is 0 Å². The smallest absolute Gasteiger partial charge is 0.108 e. The fourth-order valence-corrected chi connectivity index (χ4v) is 7.96. The fraction of sp³-hybridized carbons (Fsp3) is 0.667. The Kier molecular flexibility index (Phi) is 6.95. The summed E-state index contributed by atoms with van der Waals surface area (Å²) in [7, 11) is -2.11. The van der Waals surface area contributed by atoms with Crippen LogP contribution in [0.15, 0.2) is 0 Å². The highest BCUT2D eigenvalue weighted by molar-refractivity contribution is 8.28. The topological polar surface area (TPSA) is 0 Å². The van der Waals surface area contributed by atoms with Crippen molar-refractivity contribution in [3.8, 4) is 0 Å². The Bertz CT molecular complexity index is 459. The molecule has 0 spiro atoms. The summed E-state index contributed by atoms with van der Waals surface area (Å²) in [4.78, 5) is 0. The molecule has 0 saturated carbocycles. The third-order valence-electron chi connectivity index (χ3n) is 4.23. The van der Waals surface area contributed by atoms with Gasteiger partial charge in [0.05, 0.1) is 0 Å². The Balaban J connectivity index is 3.15. The molecule has 0 aliphatic rings. The predicted octanol–water partition coefficient (Wildman–Crippen LogP) is 7.06. The normalized spacial score (nSPS) is 12.8. The van der Waals surface area contributed by atoms with Gasteiger partial charge >= 0.3 is 0 Å². The van der Waals surface area contributed by atoms with Crippen LogP contribution in [0.25, 0.3) is 0 Å². The molecule has 22 heavy (non-hydrogen) atoms. The molecule has 1 aromatic carbocycles. The van der Waals surface area contributed by atoms with Crippen molar-refractivity contribution >= 4 is 36.9 Å². The molecule has 0 aliphatic heterocycles. The average Bonchev–Trinajstić information content (AvgIpc) is 2.33. The van der Waals surface area contributed by atoms with Gasteiger partial charge < -0.3 is 0 Å². The highest BCUT2D eigenvalue weighted by atomic mass is 32.4. The van der Waals surface area contributed by atoms with Gasteiger partial charge in [-0.3, -0.25) is 0 Å². The minimum Gasteiger partial charge on any atom is -0.181 e. The van der Waals surface area contributed by atoms with E-state index in [9.17, 15) is 0 Å². The van der Waals surface area contributed by atoms with Crippen LogP contribution >= 0.6 is 22.4 Å². The summed E-state index contributed by atoms with van der Waals surface area (Å²) in [6.45, 7) is 24.0. The lowest BCUT2D eigenvalue weighted by Gasteiger charge is -2.24. The summed E-state index contributed by atoms with van der Waals surface area (Å²) in [5.41, 5.74) is 9.37. The average molecular weight is 371 g/mol. The van der Waals surface area contributed by atoms with Crippen LogP contribution < -0.4 is 0 Å². The van der Waals surface area contributed by atoms with E-state index >= 15 is 0 Å². The first kappa shape index (κ1) is 20.4. The summed E-state index contributed by atoms with van der Waals surface area (Å²) in [5, 5.41) is 0. The summed E-state index contributed by atoms with van der Waals surface area (Å²) >= 11 is 4.39. The van der Waals surface area contributed by atoms with Crippen molar-refractivity contribution in [3.05, 3.63) is 33.4 Å². The molecule has 0 N–H and O–H groups in total. The zero-order chi connectivity index (χ0) is 17.3. The first-order chi connectivity index (χ1) is 9.83. The third-order valence-corrected chi connectivity index (χ3v) is 12.9. The first-order valence-corrected chi connectivity index (χ1v) is 18.6. The molecule has 0 fully saturated rings. The molecule has 0 unspecified atom stereocenters. The lowest BCUT2D eigenvalue weighted by atomic mass is 9.90. The van der Waals surface area contributed by atoms with Crippen LogP contribution in [0.5, 0.6) is 0 Å². The predicted molar refractivity (Wildman–Crippen MR) is 115 cm³/mol. The molecule has 0 aromatic heterocycles. The second-order valence-corrected chi connectivity index (χ2v) is 26.9. The van der Waals surface area contributed by atoms with Crippen molar-refractivity contribution in [1.82, 2.24) is 0 Å². The van der Waals surface area contributed by atoms with Crippen LogP contribution in [0.2, 0.25) is 39.3 Å². The van der Waals surface area contributed by atoms with E-state index in [-0.39, 0.29) is 0 Å². The number of rotatable bonds is 6. The zero-order valence-electron chi connectivity index (χ0n) is 16.2. The van der Waals surface area contributed by atoms with E-state index in [2.05, 4.69) is 89.4 Å². The molecule has 0 nitrogen and oxygen atoms in total. The third kappa shape index (κ3) is 5.77. The van der Waals surface area contributed by atoms with Crippen molar-refractivity contribution in [3.63, 3.8) is 0 Å². The molecular weight excluding hydrogens is 337 g/mol. The monoisotopic (exact) mass is 370 g/mol. The van der Waals surface area contributed by atoms with Gasteiger partial charge in [0.2, 0.25) is 0 Å².